The third kappa shape index (κ3) is 3.88. The van der Waals surface area contributed by atoms with E-state index < -0.39 is 28.9 Å². The number of rotatable bonds is 5. The number of hydrogen-bond acceptors (Lipinski definition) is 4. The molecule has 0 saturated heterocycles. The van der Waals surface area contributed by atoms with Gasteiger partial charge in [0.15, 0.2) is 17.4 Å². The Morgan fingerprint density at radius 1 is 0.964 bits per heavy atom. The molecule has 1 aromatic heterocycles. The second-order valence-corrected chi connectivity index (χ2v) is 6.00. The lowest BCUT2D eigenvalue weighted by Gasteiger charge is -2.10. The third-order valence-electron chi connectivity index (χ3n) is 4.16. The van der Waals surface area contributed by atoms with Crippen molar-refractivity contribution in [2.45, 2.75) is 6.54 Å². The number of methoxy groups -OCH3 is 1. The Morgan fingerprint density at radius 2 is 1.68 bits per heavy atom. The van der Waals surface area contributed by atoms with Gasteiger partial charge in [-0.05, 0) is 29.8 Å². The summed E-state index contributed by atoms with van der Waals surface area (Å²) in [4.78, 5) is 36.9. The Kier molecular flexibility index (Phi) is 5.44. The van der Waals surface area contributed by atoms with Crippen molar-refractivity contribution < 1.29 is 23.1 Å². The van der Waals surface area contributed by atoms with Crippen LogP contribution in [0.3, 0.4) is 0 Å². The van der Waals surface area contributed by atoms with Gasteiger partial charge in [0, 0.05) is 23.4 Å². The summed E-state index contributed by atoms with van der Waals surface area (Å²) in [5.74, 6) is -3.14. The Bertz CT molecular complexity index is 1120. The molecule has 0 aliphatic carbocycles. The van der Waals surface area contributed by atoms with E-state index in [1.165, 1.54) is 48.2 Å². The summed E-state index contributed by atoms with van der Waals surface area (Å²) in [5.41, 5.74) is 0.349. The summed E-state index contributed by atoms with van der Waals surface area (Å²) in [6, 6.07) is 12.0. The molecule has 0 saturated carbocycles. The first-order chi connectivity index (χ1) is 13.4. The number of halogens is 2. The minimum atomic E-state index is -1.02. The van der Waals surface area contributed by atoms with E-state index in [9.17, 15) is 23.2 Å². The number of nitrogens with zero attached hydrogens (tertiary/aromatic N) is 1. The minimum Gasteiger partial charge on any atom is -0.465 e. The monoisotopic (exact) mass is 383 g/mol. The molecular weight excluding hydrogens is 368 g/mol. The fourth-order valence-electron chi connectivity index (χ4n) is 2.75. The van der Waals surface area contributed by atoms with Gasteiger partial charge in [0.25, 0.3) is 5.56 Å². The van der Waals surface area contributed by atoms with Gasteiger partial charge in [-0.2, -0.15) is 0 Å². The van der Waals surface area contributed by atoms with Gasteiger partial charge < -0.3 is 9.30 Å². The highest BCUT2D eigenvalue weighted by Gasteiger charge is 2.19. The molecule has 28 heavy (non-hydrogen) atoms. The standard InChI is InChI=1S/C21H15F2NO4/c1-28-21(27)16-5-3-2-4-15(16)20(26)14-7-9-19(25)24(12-14)11-13-6-8-17(22)18(23)10-13/h2-10,12H,11H2,1H3. The van der Waals surface area contributed by atoms with Crippen molar-refractivity contribution in [1.82, 2.24) is 4.57 Å². The summed E-state index contributed by atoms with van der Waals surface area (Å²) in [6.07, 6.45) is 1.32. The van der Waals surface area contributed by atoms with Gasteiger partial charge >= 0.3 is 5.97 Å². The number of ether oxygens (including phenoxy) is 1. The number of hydrogen-bond donors (Lipinski definition) is 0. The second kappa shape index (κ2) is 7.96. The van der Waals surface area contributed by atoms with Gasteiger partial charge in [-0.25, -0.2) is 13.6 Å². The van der Waals surface area contributed by atoms with E-state index in [0.29, 0.717) is 5.56 Å². The van der Waals surface area contributed by atoms with Crippen molar-refractivity contribution in [3.63, 3.8) is 0 Å². The average molecular weight is 383 g/mol. The SMILES string of the molecule is COC(=O)c1ccccc1C(=O)c1ccc(=O)n(Cc2ccc(F)c(F)c2)c1. The maximum atomic E-state index is 13.4. The first-order valence-electron chi connectivity index (χ1n) is 8.27. The number of esters is 1. The first-order valence-corrected chi connectivity index (χ1v) is 8.27. The number of carbonyl (C=O) groups excluding carboxylic acids is 2. The number of carbonyl (C=O) groups is 2. The Hall–Kier alpha value is -3.61. The molecule has 142 valence electrons. The molecule has 3 rings (SSSR count). The van der Waals surface area contributed by atoms with Crippen molar-refractivity contribution in [2.24, 2.45) is 0 Å². The van der Waals surface area contributed by atoms with E-state index in [1.54, 1.807) is 12.1 Å². The maximum absolute atomic E-state index is 13.4. The highest BCUT2D eigenvalue weighted by molar-refractivity contribution is 6.14. The van der Waals surface area contributed by atoms with Crippen molar-refractivity contribution >= 4 is 11.8 Å². The van der Waals surface area contributed by atoms with Crippen molar-refractivity contribution in [3.8, 4) is 0 Å². The topological polar surface area (TPSA) is 65.4 Å². The molecule has 0 fully saturated rings. The van der Waals surface area contributed by atoms with Crippen molar-refractivity contribution in [3.05, 3.63) is 105 Å². The van der Waals surface area contributed by atoms with Crippen LogP contribution in [0.4, 0.5) is 8.78 Å². The van der Waals surface area contributed by atoms with Gasteiger partial charge in [-0.1, -0.05) is 24.3 Å². The maximum Gasteiger partial charge on any atom is 0.338 e. The molecule has 0 amide bonds. The first kappa shape index (κ1) is 19.2. The number of aromatic nitrogens is 1. The minimum absolute atomic E-state index is 0.0458. The van der Waals surface area contributed by atoms with Gasteiger partial charge in [0.1, 0.15) is 0 Å². The van der Waals surface area contributed by atoms with Crippen LogP contribution in [0.5, 0.6) is 0 Å². The predicted octanol–water partition coefficient (Wildman–Crippen LogP) is 3.19. The zero-order valence-electron chi connectivity index (χ0n) is 14.8. The van der Waals surface area contributed by atoms with E-state index in [1.807, 2.05) is 0 Å². The van der Waals surface area contributed by atoms with Crippen LogP contribution >= 0.6 is 0 Å². The summed E-state index contributed by atoms with van der Waals surface area (Å²) < 4.78 is 32.4. The van der Waals surface area contributed by atoms with Crippen LogP contribution in [0.15, 0.2) is 65.6 Å². The van der Waals surface area contributed by atoms with Crippen LogP contribution in [0.25, 0.3) is 0 Å². The highest BCUT2D eigenvalue weighted by atomic mass is 19.2. The van der Waals surface area contributed by atoms with Crippen LogP contribution in [0.1, 0.15) is 31.8 Å². The molecule has 0 N–H and O–H groups in total. The molecule has 2 aromatic carbocycles. The molecule has 3 aromatic rings. The van der Waals surface area contributed by atoms with Gasteiger partial charge in [0.05, 0.1) is 19.2 Å². The van der Waals surface area contributed by atoms with Crippen LogP contribution in [-0.2, 0) is 11.3 Å². The molecule has 7 heteroatoms. The number of ketones is 1. The summed E-state index contributed by atoms with van der Waals surface area (Å²) in [6.45, 7) is -0.0458. The molecule has 1 heterocycles. The van der Waals surface area contributed by atoms with Crippen LogP contribution < -0.4 is 5.56 Å². The summed E-state index contributed by atoms with van der Waals surface area (Å²) >= 11 is 0. The Balaban J connectivity index is 1.97. The van der Waals surface area contributed by atoms with Crippen molar-refractivity contribution in [1.29, 1.82) is 0 Å². The quantitative estimate of drug-likeness (QED) is 0.501. The van der Waals surface area contributed by atoms with Gasteiger partial charge in [0.2, 0.25) is 0 Å². The average Bonchev–Trinajstić information content (AvgIpc) is 2.71. The largest absolute Gasteiger partial charge is 0.465 e. The highest BCUT2D eigenvalue weighted by Crippen LogP contribution is 2.16. The molecule has 0 spiro atoms. The van der Waals surface area contributed by atoms with E-state index in [0.717, 1.165) is 12.1 Å². The van der Waals surface area contributed by atoms with Crippen LogP contribution in [0, 0.1) is 11.6 Å². The van der Waals surface area contributed by atoms with E-state index in [4.69, 9.17) is 4.74 Å². The predicted molar refractivity (Wildman–Crippen MR) is 97.4 cm³/mol. The van der Waals surface area contributed by atoms with Gasteiger partial charge in [-0.3, -0.25) is 9.59 Å². The Morgan fingerprint density at radius 3 is 2.36 bits per heavy atom. The lowest BCUT2D eigenvalue weighted by molar-refractivity contribution is 0.0597. The second-order valence-electron chi connectivity index (χ2n) is 6.00. The van der Waals surface area contributed by atoms with E-state index in [2.05, 4.69) is 0 Å². The van der Waals surface area contributed by atoms with Crippen LogP contribution in [-0.4, -0.2) is 23.4 Å². The number of pyridine rings is 1. The smallest absolute Gasteiger partial charge is 0.338 e. The van der Waals surface area contributed by atoms with E-state index >= 15 is 0 Å². The van der Waals surface area contributed by atoms with Gasteiger partial charge in [-0.15, -0.1) is 0 Å². The number of benzene rings is 2. The zero-order chi connectivity index (χ0) is 20.3. The summed E-state index contributed by atoms with van der Waals surface area (Å²) in [5, 5.41) is 0. The lowest BCUT2D eigenvalue weighted by Crippen LogP contribution is -2.21. The molecule has 0 bridgehead atoms. The Labute approximate surface area is 158 Å². The van der Waals surface area contributed by atoms with Crippen LogP contribution in [0.2, 0.25) is 0 Å². The molecule has 0 unspecified atom stereocenters. The molecule has 0 atom stereocenters. The molecule has 0 radical (unpaired) electrons. The molecular formula is C21H15F2NO4. The lowest BCUT2D eigenvalue weighted by atomic mass is 9.99. The van der Waals surface area contributed by atoms with E-state index in [-0.39, 0.29) is 23.2 Å². The summed E-state index contributed by atoms with van der Waals surface area (Å²) in [7, 11) is 1.21. The fourth-order valence-corrected chi connectivity index (χ4v) is 2.75. The molecule has 0 aliphatic rings. The van der Waals surface area contributed by atoms with Crippen molar-refractivity contribution in [2.75, 3.05) is 7.11 Å². The third-order valence-corrected chi connectivity index (χ3v) is 4.16. The fraction of sp³-hybridized carbons (Fsp3) is 0.0952. The molecule has 5 nitrogen and oxygen atoms in total. The molecule has 0 aliphatic heterocycles. The zero-order valence-corrected chi connectivity index (χ0v) is 14.8. The normalized spacial score (nSPS) is 10.5.